The highest BCUT2D eigenvalue weighted by molar-refractivity contribution is 5.96. The van der Waals surface area contributed by atoms with Crippen LogP contribution in [0.3, 0.4) is 0 Å². The van der Waals surface area contributed by atoms with E-state index in [-0.39, 0.29) is 11.8 Å². The number of nitrogens with zero attached hydrogens (tertiary/aromatic N) is 2. The van der Waals surface area contributed by atoms with Crippen molar-refractivity contribution in [1.29, 1.82) is 0 Å². The molecule has 2 aliphatic heterocycles. The number of aryl methyl sites for hydroxylation is 1. The number of amides is 2. The molecule has 1 spiro atoms. The summed E-state index contributed by atoms with van der Waals surface area (Å²) in [7, 11) is 0. The number of carbonyl (C=O) groups is 2. The van der Waals surface area contributed by atoms with Crippen LogP contribution in [-0.4, -0.2) is 47.0 Å². The number of hydrogen-bond donors (Lipinski definition) is 0. The molecular weight excluding hydrogens is 280 g/mol. The Morgan fingerprint density at radius 2 is 2.05 bits per heavy atom. The van der Waals surface area contributed by atoms with Gasteiger partial charge in [-0.05, 0) is 37.3 Å². The van der Waals surface area contributed by atoms with E-state index in [9.17, 15) is 9.59 Å². The van der Waals surface area contributed by atoms with Crippen LogP contribution >= 0.6 is 0 Å². The number of rotatable bonds is 3. The summed E-state index contributed by atoms with van der Waals surface area (Å²) in [5, 5.41) is 1.53. The summed E-state index contributed by atoms with van der Waals surface area (Å²) in [6.45, 7) is 3.67. The van der Waals surface area contributed by atoms with E-state index in [0.29, 0.717) is 32.0 Å². The molecule has 5 heteroatoms. The van der Waals surface area contributed by atoms with E-state index >= 15 is 0 Å². The van der Waals surface area contributed by atoms with Gasteiger partial charge in [-0.25, -0.2) is 5.06 Å². The number of likely N-dealkylation sites (tertiary alicyclic amines) is 1. The van der Waals surface area contributed by atoms with Gasteiger partial charge in [0.05, 0.1) is 26.1 Å². The third kappa shape index (κ3) is 2.29. The van der Waals surface area contributed by atoms with Gasteiger partial charge < -0.3 is 4.90 Å². The maximum absolute atomic E-state index is 12.5. The summed E-state index contributed by atoms with van der Waals surface area (Å²) in [6.07, 6.45) is 2.79. The van der Waals surface area contributed by atoms with Crippen molar-refractivity contribution in [3.8, 4) is 0 Å². The number of hydroxylamine groups is 2. The molecule has 0 unspecified atom stereocenters. The summed E-state index contributed by atoms with van der Waals surface area (Å²) >= 11 is 0. The van der Waals surface area contributed by atoms with E-state index in [4.69, 9.17) is 4.84 Å². The lowest BCUT2D eigenvalue weighted by molar-refractivity contribution is -0.230. The van der Waals surface area contributed by atoms with E-state index in [2.05, 4.69) is 0 Å². The van der Waals surface area contributed by atoms with Gasteiger partial charge in [-0.3, -0.25) is 14.4 Å². The molecule has 0 atom stereocenters. The van der Waals surface area contributed by atoms with Crippen LogP contribution in [-0.2, 0) is 9.63 Å². The molecule has 2 saturated heterocycles. The highest BCUT2D eigenvalue weighted by Gasteiger charge is 2.55. The molecule has 3 fully saturated rings. The van der Waals surface area contributed by atoms with Gasteiger partial charge in [-0.2, -0.15) is 0 Å². The van der Waals surface area contributed by atoms with Crippen molar-refractivity contribution in [2.75, 3.05) is 19.6 Å². The molecule has 3 aliphatic rings. The lowest BCUT2D eigenvalue weighted by Gasteiger charge is -2.46. The van der Waals surface area contributed by atoms with E-state index in [1.807, 2.05) is 31.2 Å². The minimum Gasteiger partial charge on any atom is -0.332 e. The molecule has 1 aromatic rings. The zero-order valence-corrected chi connectivity index (χ0v) is 12.7. The number of hydrogen-bond acceptors (Lipinski definition) is 3. The molecule has 1 saturated carbocycles. The second kappa shape index (κ2) is 4.81. The lowest BCUT2D eigenvalue weighted by atomic mass is 9.90. The molecule has 0 radical (unpaired) electrons. The molecule has 1 aliphatic carbocycles. The van der Waals surface area contributed by atoms with Gasteiger partial charge in [-0.1, -0.05) is 18.2 Å². The minimum atomic E-state index is -0.468. The predicted octanol–water partition coefficient (Wildman–Crippen LogP) is 1.76. The van der Waals surface area contributed by atoms with Crippen molar-refractivity contribution in [2.45, 2.75) is 31.8 Å². The Balaban J connectivity index is 1.40. The Bertz CT molecular complexity index is 633. The molecule has 1 aromatic carbocycles. The molecule has 4 rings (SSSR count). The second-order valence-corrected chi connectivity index (χ2v) is 6.83. The van der Waals surface area contributed by atoms with E-state index in [0.717, 1.165) is 11.1 Å². The number of carbonyl (C=O) groups excluding carboxylic acids is 2. The standard InChI is InChI=1S/C17H20N2O3/c1-12-4-2-3-5-14(12)16(21)18-10-17(11-18)8-15(20)19(22-17)9-13-6-7-13/h2-5,13H,6-11H2,1H3. The first kappa shape index (κ1) is 13.8. The van der Waals surface area contributed by atoms with Gasteiger partial charge in [0.15, 0.2) is 0 Å². The van der Waals surface area contributed by atoms with Crippen LogP contribution in [0.1, 0.15) is 35.2 Å². The van der Waals surface area contributed by atoms with Crippen molar-refractivity contribution in [3.05, 3.63) is 35.4 Å². The van der Waals surface area contributed by atoms with Crippen molar-refractivity contribution in [3.63, 3.8) is 0 Å². The van der Waals surface area contributed by atoms with Gasteiger partial charge in [-0.15, -0.1) is 0 Å². The SMILES string of the molecule is Cc1ccccc1C(=O)N1CC2(CC(=O)N(CC3CC3)O2)C1. The Morgan fingerprint density at radius 1 is 1.32 bits per heavy atom. The Hall–Kier alpha value is -1.88. The topological polar surface area (TPSA) is 49.9 Å². The second-order valence-electron chi connectivity index (χ2n) is 6.83. The molecule has 0 aromatic heterocycles. The van der Waals surface area contributed by atoms with Crippen LogP contribution in [0.5, 0.6) is 0 Å². The first-order chi connectivity index (χ1) is 10.6. The lowest BCUT2D eigenvalue weighted by Crippen LogP contribution is -2.63. The highest BCUT2D eigenvalue weighted by Crippen LogP contribution is 2.39. The third-order valence-electron chi connectivity index (χ3n) is 4.80. The van der Waals surface area contributed by atoms with Crippen molar-refractivity contribution < 1.29 is 14.4 Å². The van der Waals surface area contributed by atoms with Gasteiger partial charge in [0, 0.05) is 5.56 Å². The predicted molar refractivity (Wildman–Crippen MR) is 80.0 cm³/mol. The van der Waals surface area contributed by atoms with E-state index in [1.54, 1.807) is 4.90 Å². The van der Waals surface area contributed by atoms with E-state index in [1.165, 1.54) is 17.9 Å². The van der Waals surface area contributed by atoms with Gasteiger partial charge in [0.25, 0.3) is 5.91 Å². The fraction of sp³-hybridized carbons (Fsp3) is 0.529. The summed E-state index contributed by atoms with van der Waals surface area (Å²) in [5.74, 6) is 0.708. The van der Waals surface area contributed by atoms with Crippen LogP contribution in [0, 0.1) is 12.8 Å². The normalized spacial score (nSPS) is 23.0. The molecule has 116 valence electrons. The molecule has 22 heavy (non-hydrogen) atoms. The largest absolute Gasteiger partial charge is 0.332 e. The monoisotopic (exact) mass is 300 g/mol. The van der Waals surface area contributed by atoms with Crippen LogP contribution in [0.15, 0.2) is 24.3 Å². The molecule has 2 heterocycles. The fourth-order valence-electron chi connectivity index (χ4n) is 3.30. The Morgan fingerprint density at radius 3 is 2.73 bits per heavy atom. The first-order valence-corrected chi connectivity index (χ1v) is 7.91. The third-order valence-corrected chi connectivity index (χ3v) is 4.80. The van der Waals surface area contributed by atoms with Gasteiger partial charge >= 0.3 is 0 Å². The highest BCUT2D eigenvalue weighted by atomic mass is 16.7. The smallest absolute Gasteiger partial charge is 0.254 e. The first-order valence-electron chi connectivity index (χ1n) is 7.91. The van der Waals surface area contributed by atoms with Crippen LogP contribution in [0.2, 0.25) is 0 Å². The Kier molecular flexibility index (Phi) is 3.01. The molecule has 5 nitrogen and oxygen atoms in total. The maximum Gasteiger partial charge on any atom is 0.254 e. The number of benzene rings is 1. The van der Waals surface area contributed by atoms with Gasteiger partial charge in [0.2, 0.25) is 5.91 Å². The minimum absolute atomic E-state index is 0.0282. The fourth-order valence-corrected chi connectivity index (χ4v) is 3.30. The zero-order valence-electron chi connectivity index (χ0n) is 12.7. The van der Waals surface area contributed by atoms with Crippen LogP contribution in [0.25, 0.3) is 0 Å². The van der Waals surface area contributed by atoms with Gasteiger partial charge in [0.1, 0.15) is 5.60 Å². The average molecular weight is 300 g/mol. The molecular formula is C17H20N2O3. The maximum atomic E-state index is 12.5. The van der Waals surface area contributed by atoms with Crippen molar-refractivity contribution >= 4 is 11.8 Å². The van der Waals surface area contributed by atoms with E-state index < -0.39 is 5.60 Å². The molecule has 0 N–H and O–H groups in total. The summed E-state index contributed by atoms with van der Waals surface area (Å²) in [4.78, 5) is 32.2. The van der Waals surface area contributed by atoms with Crippen LogP contribution in [0.4, 0.5) is 0 Å². The summed E-state index contributed by atoms with van der Waals surface area (Å²) < 4.78 is 0. The Labute approximate surface area is 129 Å². The quantitative estimate of drug-likeness (QED) is 0.855. The van der Waals surface area contributed by atoms with Crippen molar-refractivity contribution in [1.82, 2.24) is 9.96 Å². The zero-order chi connectivity index (χ0) is 15.3. The average Bonchev–Trinajstić information content (AvgIpc) is 3.20. The van der Waals surface area contributed by atoms with Crippen LogP contribution < -0.4 is 0 Å². The molecule has 2 amide bonds. The van der Waals surface area contributed by atoms with Crippen molar-refractivity contribution in [2.24, 2.45) is 5.92 Å². The summed E-state index contributed by atoms with van der Waals surface area (Å²) in [6, 6.07) is 7.60. The summed E-state index contributed by atoms with van der Waals surface area (Å²) in [5.41, 5.74) is 1.24. The molecule has 0 bridgehead atoms.